The zero-order valence-corrected chi connectivity index (χ0v) is 12.1. The van der Waals surface area contributed by atoms with Gasteiger partial charge in [0.1, 0.15) is 0 Å². The molecule has 2 heterocycles. The monoisotopic (exact) mass is 267 g/mol. The van der Waals surface area contributed by atoms with Crippen LogP contribution in [0, 0.1) is 6.92 Å². The highest BCUT2D eigenvalue weighted by molar-refractivity contribution is 7.16. The summed E-state index contributed by atoms with van der Waals surface area (Å²) in [6.07, 6.45) is 4.34. The van der Waals surface area contributed by atoms with Crippen LogP contribution in [-0.2, 0) is 4.74 Å². The van der Waals surface area contributed by atoms with E-state index in [4.69, 9.17) is 4.74 Å². The molecule has 1 atom stereocenters. The van der Waals surface area contributed by atoms with Crippen molar-refractivity contribution in [3.8, 4) is 0 Å². The van der Waals surface area contributed by atoms with E-state index in [1.807, 2.05) is 7.05 Å². The number of hydrogen-bond donors (Lipinski definition) is 1. The third kappa shape index (κ3) is 3.31. The fraction of sp³-hybridized carbons (Fsp3) is 0.615. The van der Waals surface area contributed by atoms with E-state index in [-0.39, 0.29) is 0 Å². The van der Waals surface area contributed by atoms with Gasteiger partial charge in [0.15, 0.2) is 5.13 Å². The molecule has 1 fully saturated rings. The lowest BCUT2D eigenvalue weighted by Gasteiger charge is -2.25. The molecule has 0 aromatic carbocycles. The van der Waals surface area contributed by atoms with E-state index in [2.05, 4.69) is 41.2 Å². The summed E-state index contributed by atoms with van der Waals surface area (Å²) >= 11 is 1.76. The van der Waals surface area contributed by atoms with Gasteiger partial charge in [0.05, 0.1) is 23.8 Å². The first kappa shape index (κ1) is 13.5. The Hall–Kier alpha value is -0.910. The number of hydrogen-bond acceptors (Lipinski definition) is 5. The maximum Gasteiger partial charge on any atom is 0.186 e. The first-order valence-corrected chi connectivity index (χ1v) is 7.18. The Kier molecular flexibility index (Phi) is 4.74. The van der Waals surface area contributed by atoms with E-state index < -0.39 is 0 Å². The third-order valence-corrected chi connectivity index (χ3v) is 4.28. The van der Waals surface area contributed by atoms with Gasteiger partial charge in [-0.3, -0.25) is 0 Å². The van der Waals surface area contributed by atoms with Gasteiger partial charge in [-0.15, -0.1) is 0 Å². The van der Waals surface area contributed by atoms with Gasteiger partial charge >= 0.3 is 0 Å². The molecule has 1 N–H and O–H groups in total. The Balaban J connectivity index is 2.08. The summed E-state index contributed by atoms with van der Waals surface area (Å²) in [5, 5.41) is 4.31. The lowest BCUT2D eigenvalue weighted by molar-refractivity contribution is 0.122. The van der Waals surface area contributed by atoms with Crippen LogP contribution in [0.15, 0.2) is 6.08 Å². The van der Waals surface area contributed by atoms with Crippen LogP contribution >= 0.6 is 11.3 Å². The van der Waals surface area contributed by atoms with E-state index in [0.29, 0.717) is 6.04 Å². The van der Waals surface area contributed by atoms with Crippen LogP contribution in [-0.4, -0.2) is 44.4 Å². The summed E-state index contributed by atoms with van der Waals surface area (Å²) < 4.78 is 5.36. The van der Waals surface area contributed by atoms with Gasteiger partial charge in [-0.05, 0) is 27.0 Å². The first-order chi connectivity index (χ1) is 8.70. The van der Waals surface area contributed by atoms with Crippen molar-refractivity contribution >= 4 is 22.5 Å². The minimum Gasteiger partial charge on any atom is -0.378 e. The second-order valence-electron chi connectivity index (χ2n) is 4.48. The first-order valence-electron chi connectivity index (χ1n) is 6.36. The Bertz CT molecular complexity index is 410. The zero-order valence-electron chi connectivity index (χ0n) is 11.3. The van der Waals surface area contributed by atoms with Crippen LogP contribution in [0.3, 0.4) is 0 Å². The highest BCUT2D eigenvalue weighted by Crippen LogP contribution is 2.27. The van der Waals surface area contributed by atoms with E-state index >= 15 is 0 Å². The molecule has 0 aliphatic carbocycles. The number of likely N-dealkylation sites (N-methyl/N-ethyl adjacent to an activating group) is 1. The second kappa shape index (κ2) is 6.31. The van der Waals surface area contributed by atoms with Gasteiger partial charge in [0, 0.05) is 19.1 Å². The lowest BCUT2D eigenvalue weighted by atomic mass is 10.3. The maximum absolute atomic E-state index is 5.36. The standard InChI is InChI=1S/C13H21N3OS/c1-10(14-3)4-5-12-11(2)15-13(18-12)16-6-8-17-9-7-16/h4-5,10,14H,6-9H2,1-3H3/b5-4+. The smallest absolute Gasteiger partial charge is 0.186 e. The normalized spacial score (nSPS) is 18.5. The molecule has 100 valence electrons. The fourth-order valence-corrected chi connectivity index (χ4v) is 2.80. The molecule has 2 rings (SSSR count). The summed E-state index contributed by atoms with van der Waals surface area (Å²) in [7, 11) is 1.97. The molecule has 18 heavy (non-hydrogen) atoms. The minimum atomic E-state index is 0.387. The maximum atomic E-state index is 5.36. The van der Waals surface area contributed by atoms with E-state index in [0.717, 1.165) is 37.1 Å². The van der Waals surface area contributed by atoms with Crippen LogP contribution in [0.4, 0.5) is 5.13 Å². The fourth-order valence-electron chi connectivity index (χ4n) is 1.77. The van der Waals surface area contributed by atoms with Crippen LogP contribution in [0.2, 0.25) is 0 Å². The molecule has 1 unspecified atom stereocenters. The molecule has 0 saturated carbocycles. The minimum absolute atomic E-state index is 0.387. The van der Waals surface area contributed by atoms with Crippen molar-refractivity contribution in [2.24, 2.45) is 0 Å². The molecule has 5 heteroatoms. The molecule has 0 radical (unpaired) electrons. The van der Waals surface area contributed by atoms with Crippen LogP contribution in [0.25, 0.3) is 6.08 Å². The topological polar surface area (TPSA) is 37.4 Å². The molecule has 1 saturated heterocycles. The molecule has 1 aromatic rings. The number of ether oxygens (including phenoxy) is 1. The van der Waals surface area contributed by atoms with Gasteiger partial charge in [-0.25, -0.2) is 4.98 Å². The molecule has 0 spiro atoms. The van der Waals surface area contributed by atoms with Crippen molar-refractivity contribution in [3.63, 3.8) is 0 Å². The SMILES string of the molecule is CNC(C)/C=C/c1sc(N2CCOCC2)nc1C. The average molecular weight is 267 g/mol. The molecule has 4 nitrogen and oxygen atoms in total. The van der Waals surface area contributed by atoms with Gasteiger partial charge < -0.3 is 15.0 Å². The number of aromatic nitrogens is 1. The van der Waals surface area contributed by atoms with Crippen LogP contribution < -0.4 is 10.2 Å². The molecule has 0 bridgehead atoms. The van der Waals surface area contributed by atoms with Crippen LogP contribution in [0.5, 0.6) is 0 Å². The van der Waals surface area contributed by atoms with Gasteiger partial charge in [0.25, 0.3) is 0 Å². The summed E-state index contributed by atoms with van der Waals surface area (Å²) in [4.78, 5) is 8.21. The van der Waals surface area contributed by atoms with Crippen molar-refractivity contribution in [1.82, 2.24) is 10.3 Å². The van der Waals surface area contributed by atoms with Crippen molar-refractivity contribution in [1.29, 1.82) is 0 Å². The van der Waals surface area contributed by atoms with Crippen molar-refractivity contribution < 1.29 is 4.74 Å². The molecule has 0 amide bonds. The average Bonchev–Trinajstić information content (AvgIpc) is 2.78. The third-order valence-electron chi connectivity index (χ3n) is 3.09. The summed E-state index contributed by atoms with van der Waals surface area (Å²) in [5.74, 6) is 0. The number of rotatable bonds is 4. The Morgan fingerprint density at radius 1 is 1.44 bits per heavy atom. The van der Waals surface area contributed by atoms with Crippen LogP contribution in [0.1, 0.15) is 17.5 Å². The predicted molar refractivity (Wildman–Crippen MR) is 77.4 cm³/mol. The Morgan fingerprint density at radius 3 is 2.83 bits per heavy atom. The highest BCUT2D eigenvalue weighted by atomic mass is 32.1. The predicted octanol–water partition coefficient (Wildman–Crippen LogP) is 1.91. The van der Waals surface area contributed by atoms with Crippen molar-refractivity contribution in [2.75, 3.05) is 38.3 Å². The van der Waals surface area contributed by atoms with E-state index in [1.165, 1.54) is 4.88 Å². The number of anilines is 1. The van der Waals surface area contributed by atoms with Gasteiger partial charge in [0.2, 0.25) is 0 Å². The largest absolute Gasteiger partial charge is 0.378 e. The Labute approximate surface area is 113 Å². The molecular weight excluding hydrogens is 246 g/mol. The number of morpholine rings is 1. The Morgan fingerprint density at radius 2 is 2.17 bits per heavy atom. The lowest BCUT2D eigenvalue weighted by Crippen LogP contribution is -2.36. The number of thiazole rings is 1. The van der Waals surface area contributed by atoms with Gasteiger partial charge in [-0.1, -0.05) is 17.4 Å². The quantitative estimate of drug-likeness (QED) is 0.904. The number of nitrogens with zero attached hydrogens (tertiary/aromatic N) is 2. The summed E-state index contributed by atoms with van der Waals surface area (Å²) in [6, 6.07) is 0.387. The molecular formula is C13H21N3OS. The molecule has 1 aliphatic rings. The van der Waals surface area contributed by atoms with E-state index in [1.54, 1.807) is 11.3 Å². The molecule has 1 aliphatic heterocycles. The number of aryl methyl sites for hydroxylation is 1. The second-order valence-corrected chi connectivity index (χ2v) is 5.49. The van der Waals surface area contributed by atoms with Gasteiger partial charge in [-0.2, -0.15) is 0 Å². The van der Waals surface area contributed by atoms with Crippen molar-refractivity contribution in [3.05, 3.63) is 16.6 Å². The summed E-state index contributed by atoms with van der Waals surface area (Å²) in [6.45, 7) is 7.72. The summed E-state index contributed by atoms with van der Waals surface area (Å²) in [5.41, 5.74) is 1.11. The van der Waals surface area contributed by atoms with Crippen molar-refractivity contribution in [2.45, 2.75) is 19.9 Å². The zero-order chi connectivity index (χ0) is 13.0. The number of nitrogens with one attached hydrogen (secondary N) is 1. The highest BCUT2D eigenvalue weighted by Gasteiger charge is 2.15. The molecule has 1 aromatic heterocycles. The van der Waals surface area contributed by atoms with E-state index in [9.17, 15) is 0 Å².